The van der Waals surface area contributed by atoms with Crippen molar-refractivity contribution in [3.8, 4) is 0 Å². The summed E-state index contributed by atoms with van der Waals surface area (Å²) in [5.41, 5.74) is 5.80. The quantitative estimate of drug-likeness (QED) is 0.472. The summed E-state index contributed by atoms with van der Waals surface area (Å²) in [4.78, 5) is 20.4. The highest BCUT2D eigenvalue weighted by Crippen LogP contribution is 2.32. The summed E-state index contributed by atoms with van der Waals surface area (Å²) < 4.78 is 16.3. The molecule has 1 fully saturated rings. The Hall–Kier alpha value is -3.85. The van der Waals surface area contributed by atoms with Gasteiger partial charge in [0.15, 0.2) is 11.5 Å². The van der Waals surface area contributed by atoms with E-state index in [4.69, 9.17) is 4.98 Å². The van der Waals surface area contributed by atoms with Crippen LogP contribution in [0.15, 0.2) is 49.1 Å². The van der Waals surface area contributed by atoms with Crippen LogP contribution >= 0.6 is 0 Å². The fraction of sp³-hybridized carbons (Fsp3) is 0.280. The Morgan fingerprint density at radius 1 is 1.12 bits per heavy atom. The summed E-state index contributed by atoms with van der Waals surface area (Å²) in [6.45, 7) is 6.39. The Morgan fingerprint density at radius 3 is 2.82 bits per heavy atom. The number of imidazole rings is 1. The maximum atomic E-state index is 14.6. The predicted octanol–water partition coefficient (Wildman–Crippen LogP) is 3.47. The van der Waals surface area contributed by atoms with Crippen molar-refractivity contribution in [2.45, 2.75) is 19.9 Å². The molecule has 0 spiro atoms. The topological polar surface area (TPSA) is 83.3 Å². The van der Waals surface area contributed by atoms with E-state index < -0.39 is 0 Å². The minimum Gasteiger partial charge on any atom is -0.354 e. The first-order valence-electron chi connectivity index (χ1n) is 11.5. The molecule has 0 aromatic carbocycles. The van der Waals surface area contributed by atoms with Gasteiger partial charge in [0.05, 0.1) is 11.4 Å². The second-order valence-corrected chi connectivity index (χ2v) is 8.68. The van der Waals surface area contributed by atoms with Crippen molar-refractivity contribution >= 4 is 23.0 Å². The molecule has 0 radical (unpaired) electrons. The van der Waals surface area contributed by atoms with Crippen LogP contribution in [-0.4, -0.2) is 50.5 Å². The summed E-state index contributed by atoms with van der Waals surface area (Å²) in [5.74, 6) is 1.25. The predicted molar refractivity (Wildman–Crippen MR) is 134 cm³/mol. The van der Waals surface area contributed by atoms with Gasteiger partial charge in [-0.05, 0) is 30.2 Å². The third-order valence-electron chi connectivity index (χ3n) is 6.30. The number of rotatable bonds is 5. The highest BCUT2D eigenvalue weighted by atomic mass is 19.1. The number of anilines is 2. The monoisotopic (exact) mass is 460 g/mol. The largest absolute Gasteiger partial charge is 0.354 e. The molecule has 0 unspecified atom stereocenters. The molecule has 1 aliphatic heterocycles. The third kappa shape index (κ3) is 3.88. The van der Waals surface area contributed by atoms with Crippen LogP contribution < -0.4 is 15.5 Å². The number of pyridine rings is 2. The van der Waals surface area contributed by atoms with Gasteiger partial charge in [0.2, 0.25) is 5.95 Å². The minimum absolute atomic E-state index is 0. The van der Waals surface area contributed by atoms with Crippen molar-refractivity contribution in [3.05, 3.63) is 83.0 Å². The van der Waals surface area contributed by atoms with Gasteiger partial charge in [-0.25, -0.2) is 24.3 Å². The van der Waals surface area contributed by atoms with Crippen LogP contribution in [0.2, 0.25) is 0 Å². The lowest BCUT2D eigenvalue weighted by molar-refractivity contribution is 0.585. The fourth-order valence-corrected chi connectivity index (χ4v) is 4.58. The standard InChI is InChI=1S/C25H25FN8.2H2/c1-16-14-34-15-18(10-21(26)24(34)31-16)19-3-4-22-20(19)13-30-25(32-22)29-12-17-2-5-23(28-11-17)33-8-6-27-7-9-33;;/h2-3,5,10-11,13-15,27H,4,6-9,12H2,1H3,(H,29,30,32);2*1H. The van der Waals surface area contributed by atoms with Gasteiger partial charge in [-0.2, -0.15) is 0 Å². The normalized spacial score (nSPS) is 15.5. The van der Waals surface area contributed by atoms with Crippen LogP contribution in [0, 0.1) is 12.7 Å². The van der Waals surface area contributed by atoms with Crippen LogP contribution in [-0.2, 0) is 13.0 Å². The smallest absolute Gasteiger partial charge is 0.223 e. The third-order valence-corrected chi connectivity index (χ3v) is 6.30. The minimum atomic E-state index is -0.337. The zero-order valence-corrected chi connectivity index (χ0v) is 18.9. The summed E-state index contributed by atoms with van der Waals surface area (Å²) >= 11 is 0. The van der Waals surface area contributed by atoms with E-state index in [9.17, 15) is 4.39 Å². The molecule has 2 aliphatic rings. The van der Waals surface area contributed by atoms with Crippen molar-refractivity contribution in [2.24, 2.45) is 0 Å². The van der Waals surface area contributed by atoms with E-state index in [2.05, 4.69) is 48.7 Å². The van der Waals surface area contributed by atoms with Crippen LogP contribution in [0.4, 0.5) is 16.2 Å². The van der Waals surface area contributed by atoms with Crippen molar-refractivity contribution in [1.82, 2.24) is 29.7 Å². The molecule has 1 aliphatic carbocycles. The van der Waals surface area contributed by atoms with Gasteiger partial charge in [-0.15, -0.1) is 0 Å². The lowest BCUT2D eigenvalue weighted by Crippen LogP contribution is -2.43. The lowest BCUT2D eigenvalue weighted by Gasteiger charge is -2.28. The Kier molecular flexibility index (Phi) is 5.18. The molecule has 0 amide bonds. The first-order valence-corrected chi connectivity index (χ1v) is 11.5. The number of piperazine rings is 1. The number of hydrogen-bond acceptors (Lipinski definition) is 7. The van der Waals surface area contributed by atoms with Crippen LogP contribution in [0.3, 0.4) is 0 Å². The highest BCUT2D eigenvalue weighted by Gasteiger charge is 2.20. The second-order valence-electron chi connectivity index (χ2n) is 8.68. The average molecular weight is 461 g/mol. The van der Waals surface area contributed by atoms with Gasteiger partial charge in [-0.1, -0.05) is 12.1 Å². The molecule has 1 saturated heterocycles. The van der Waals surface area contributed by atoms with Crippen LogP contribution in [0.5, 0.6) is 0 Å². The molecule has 34 heavy (non-hydrogen) atoms. The zero-order valence-electron chi connectivity index (χ0n) is 18.9. The van der Waals surface area contributed by atoms with Gasteiger partial charge < -0.3 is 19.9 Å². The number of fused-ring (bicyclic) bond motifs is 2. The van der Waals surface area contributed by atoms with Gasteiger partial charge in [0.1, 0.15) is 5.82 Å². The molecule has 0 saturated carbocycles. The molecule has 0 bridgehead atoms. The van der Waals surface area contributed by atoms with Crippen molar-refractivity contribution in [2.75, 3.05) is 36.4 Å². The highest BCUT2D eigenvalue weighted by molar-refractivity contribution is 5.84. The molecule has 4 aromatic rings. The van der Waals surface area contributed by atoms with Gasteiger partial charge in [0.25, 0.3) is 0 Å². The first kappa shape index (κ1) is 20.7. The van der Waals surface area contributed by atoms with Gasteiger partial charge >= 0.3 is 0 Å². The van der Waals surface area contributed by atoms with Crippen molar-refractivity contribution < 1.29 is 7.24 Å². The maximum Gasteiger partial charge on any atom is 0.223 e. The molecule has 6 rings (SSSR count). The van der Waals surface area contributed by atoms with Crippen LogP contribution in [0.1, 0.15) is 30.9 Å². The number of aromatic nitrogens is 5. The lowest BCUT2D eigenvalue weighted by atomic mass is 10.0. The molecule has 9 heteroatoms. The summed E-state index contributed by atoms with van der Waals surface area (Å²) in [7, 11) is 0. The fourth-order valence-electron chi connectivity index (χ4n) is 4.58. The summed E-state index contributed by atoms with van der Waals surface area (Å²) in [6.07, 6.45) is 10.2. The van der Waals surface area contributed by atoms with Gasteiger partial charge in [-0.3, -0.25) is 0 Å². The van der Waals surface area contributed by atoms with E-state index in [0.717, 1.165) is 65.6 Å². The molecule has 5 heterocycles. The second kappa shape index (κ2) is 8.49. The van der Waals surface area contributed by atoms with E-state index in [1.807, 2.05) is 31.7 Å². The SMILES string of the molecule is Cc1cn2cc(C3=CCc4nc(NCc5ccc(N6CCNCC6)nc5)ncc43)cc(F)c2n1.[HH].[HH]. The van der Waals surface area contributed by atoms with E-state index in [0.29, 0.717) is 24.6 Å². The Labute approximate surface area is 199 Å². The molecular weight excluding hydrogens is 431 g/mol. The maximum absolute atomic E-state index is 14.6. The van der Waals surface area contributed by atoms with Crippen molar-refractivity contribution in [3.63, 3.8) is 0 Å². The van der Waals surface area contributed by atoms with Crippen LogP contribution in [0.25, 0.3) is 11.2 Å². The summed E-state index contributed by atoms with van der Waals surface area (Å²) in [6, 6.07) is 5.69. The number of allylic oxidation sites excluding steroid dienone is 1. The van der Waals surface area contributed by atoms with Gasteiger partial charge in [0, 0.05) is 77.9 Å². The Balaban J connectivity index is 0.00000152. The summed E-state index contributed by atoms with van der Waals surface area (Å²) in [5, 5.41) is 6.66. The average Bonchev–Trinajstić information content (AvgIpc) is 3.46. The number of aryl methyl sites for hydroxylation is 1. The molecule has 2 N–H and O–H groups in total. The molecule has 0 atom stereocenters. The molecular formula is C25H29FN8. The zero-order chi connectivity index (χ0) is 23.1. The molecule has 8 nitrogen and oxygen atoms in total. The number of nitrogens with one attached hydrogen (secondary N) is 2. The Bertz CT molecular complexity index is 1400. The van der Waals surface area contributed by atoms with E-state index in [-0.39, 0.29) is 8.67 Å². The number of nitrogens with zero attached hydrogens (tertiary/aromatic N) is 6. The van der Waals surface area contributed by atoms with E-state index >= 15 is 0 Å². The Morgan fingerprint density at radius 2 is 2.00 bits per heavy atom. The molecule has 4 aromatic heterocycles. The van der Waals surface area contributed by atoms with E-state index in [1.54, 1.807) is 4.40 Å². The number of hydrogen-bond donors (Lipinski definition) is 2. The number of halogens is 1. The molecule has 176 valence electrons. The van der Waals surface area contributed by atoms with Crippen molar-refractivity contribution in [1.29, 1.82) is 0 Å². The van der Waals surface area contributed by atoms with E-state index in [1.165, 1.54) is 6.07 Å². The first-order chi connectivity index (χ1) is 16.6.